The number of aryl methyl sites for hydroxylation is 1. The van der Waals surface area contributed by atoms with Crippen LogP contribution in [-0.2, 0) is 28.7 Å². The van der Waals surface area contributed by atoms with Crippen molar-refractivity contribution in [1.29, 1.82) is 0 Å². The molecule has 0 radical (unpaired) electrons. The Hall–Kier alpha value is -2.68. The number of carbonyl (C=O) groups is 1. The zero-order valence-electron chi connectivity index (χ0n) is 22.7. The lowest BCUT2D eigenvalue weighted by atomic mass is 9.63. The number of alkyl halides is 4. The van der Waals surface area contributed by atoms with E-state index in [4.69, 9.17) is 4.74 Å². The Balaban J connectivity index is 1.38. The van der Waals surface area contributed by atoms with Gasteiger partial charge >= 0.3 is 12.2 Å². The Morgan fingerprint density at radius 3 is 2.33 bits per heavy atom. The van der Waals surface area contributed by atoms with E-state index in [1.807, 2.05) is 4.90 Å². The zero-order valence-corrected chi connectivity index (χ0v) is 22.7. The lowest BCUT2D eigenvalue weighted by Crippen LogP contribution is -2.55. The quantitative estimate of drug-likeness (QED) is 0.374. The minimum atomic E-state index is -5.03. The van der Waals surface area contributed by atoms with Gasteiger partial charge in [-0.3, -0.25) is 0 Å². The summed E-state index contributed by atoms with van der Waals surface area (Å²) >= 11 is 0. The second-order valence-electron chi connectivity index (χ2n) is 12.1. The van der Waals surface area contributed by atoms with Crippen LogP contribution in [0.1, 0.15) is 67.7 Å². The number of hydrogen-bond acceptors (Lipinski definition) is 2. The van der Waals surface area contributed by atoms with E-state index < -0.39 is 22.8 Å². The van der Waals surface area contributed by atoms with Gasteiger partial charge in [-0.1, -0.05) is 30.3 Å². The minimum absolute atomic E-state index is 0.0360. The molecule has 0 aromatic heterocycles. The van der Waals surface area contributed by atoms with Gasteiger partial charge in [-0.05, 0) is 92.7 Å². The maximum absolute atomic E-state index is 14.9. The van der Waals surface area contributed by atoms with Gasteiger partial charge in [-0.25, -0.2) is 13.6 Å². The fourth-order valence-corrected chi connectivity index (χ4v) is 7.29. The molecule has 4 nitrogen and oxygen atoms in total. The van der Waals surface area contributed by atoms with Crippen molar-refractivity contribution >= 4 is 6.03 Å². The van der Waals surface area contributed by atoms with Crippen LogP contribution in [0, 0.1) is 5.82 Å². The highest BCUT2D eigenvalue weighted by molar-refractivity contribution is 5.77. The van der Waals surface area contributed by atoms with E-state index in [2.05, 4.69) is 4.90 Å². The third-order valence-electron chi connectivity index (χ3n) is 9.64. The predicted molar refractivity (Wildman–Crippen MR) is 140 cm³/mol. The molecule has 2 amide bonds. The Bertz CT molecular complexity index is 1250. The molecule has 1 saturated carbocycles. The summed E-state index contributed by atoms with van der Waals surface area (Å²) in [4.78, 5) is 18.3. The summed E-state index contributed by atoms with van der Waals surface area (Å²) < 4.78 is 74.8. The molecule has 0 spiro atoms. The van der Waals surface area contributed by atoms with Crippen LogP contribution in [0.3, 0.4) is 0 Å². The molecule has 9 heteroatoms. The molecule has 2 saturated heterocycles. The first-order chi connectivity index (χ1) is 19.0. The number of hydrogen-bond donors (Lipinski definition) is 0. The average Bonchev–Trinajstić information content (AvgIpc) is 3.69. The summed E-state index contributed by atoms with van der Waals surface area (Å²) in [7, 11) is 0. The van der Waals surface area contributed by atoms with E-state index >= 15 is 0 Å². The Labute approximate surface area is 231 Å². The number of halogens is 5. The van der Waals surface area contributed by atoms with Gasteiger partial charge in [0.05, 0.1) is 0 Å². The molecular weight excluding hydrogens is 527 g/mol. The monoisotopic (exact) mass is 562 g/mol. The van der Waals surface area contributed by atoms with Crippen LogP contribution >= 0.6 is 0 Å². The third kappa shape index (κ3) is 4.68. The van der Waals surface area contributed by atoms with Crippen molar-refractivity contribution in [2.45, 2.75) is 93.7 Å². The third-order valence-corrected chi connectivity index (χ3v) is 9.64. The highest BCUT2D eigenvalue weighted by atomic mass is 19.4. The van der Waals surface area contributed by atoms with Crippen molar-refractivity contribution < 1.29 is 31.5 Å². The van der Waals surface area contributed by atoms with Crippen molar-refractivity contribution in [3.8, 4) is 0 Å². The second kappa shape index (κ2) is 10.00. The Morgan fingerprint density at radius 1 is 1.00 bits per heavy atom. The van der Waals surface area contributed by atoms with E-state index in [1.165, 1.54) is 24.3 Å². The van der Waals surface area contributed by atoms with E-state index in [9.17, 15) is 26.7 Å². The van der Waals surface area contributed by atoms with Crippen LogP contribution in [-0.4, -0.2) is 59.9 Å². The van der Waals surface area contributed by atoms with Crippen molar-refractivity contribution in [2.75, 3.05) is 19.8 Å². The van der Waals surface area contributed by atoms with Gasteiger partial charge in [0.1, 0.15) is 5.82 Å². The van der Waals surface area contributed by atoms with Gasteiger partial charge in [0, 0.05) is 43.3 Å². The van der Waals surface area contributed by atoms with Gasteiger partial charge in [0.2, 0.25) is 5.67 Å². The van der Waals surface area contributed by atoms with Crippen LogP contribution in [0.15, 0.2) is 42.5 Å². The average molecular weight is 563 g/mol. The van der Waals surface area contributed by atoms with E-state index in [1.54, 1.807) is 18.2 Å². The molecule has 216 valence electrons. The fraction of sp³-hybridized carbons (Fsp3) is 0.581. The maximum atomic E-state index is 14.9. The SMILES string of the molecule is CC(F)(c1ccc2c(c1)CC[C@H]1N(C(=O)N(C3CCOCC3)C3CC3)CC[C@@]21Cc1ccc(F)cc1)C(F)(F)F. The number of fused-ring (bicyclic) bond motifs is 3. The first-order valence-corrected chi connectivity index (χ1v) is 14.3. The van der Waals surface area contributed by atoms with E-state index in [0.717, 1.165) is 36.8 Å². The van der Waals surface area contributed by atoms with Crippen LogP contribution in [0.5, 0.6) is 0 Å². The highest BCUT2D eigenvalue weighted by Gasteiger charge is 2.56. The number of ether oxygens (including phenoxy) is 1. The Kier molecular flexibility index (Phi) is 6.87. The van der Waals surface area contributed by atoms with Crippen LogP contribution in [0.2, 0.25) is 0 Å². The van der Waals surface area contributed by atoms with Crippen LogP contribution in [0.25, 0.3) is 0 Å². The molecule has 3 atom stereocenters. The first kappa shape index (κ1) is 27.5. The molecule has 3 fully saturated rings. The van der Waals surface area contributed by atoms with Crippen molar-refractivity contribution in [1.82, 2.24) is 9.80 Å². The summed E-state index contributed by atoms with van der Waals surface area (Å²) in [6.07, 6.45) is 0.763. The van der Waals surface area contributed by atoms with Gasteiger partial charge < -0.3 is 14.5 Å². The molecule has 1 unspecified atom stereocenters. The number of likely N-dealkylation sites (tertiary alicyclic amines) is 1. The normalized spacial score (nSPS) is 26.6. The molecular formula is C31H35F5N2O2. The molecule has 2 heterocycles. The first-order valence-electron chi connectivity index (χ1n) is 14.3. The summed E-state index contributed by atoms with van der Waals surface area (Å²) in [5.41, 5.74) is -1.97. The molecule has 40 heavy (non-hydrogen) atoms. The van der Waals surface area contributed by atoms with E-state index in [-0.39, 0.29) is 30.0 Å². The molecule has 4 aliphatic rings. The molecule has 0 N–H and O–H groups in total. The summed E-state index contributed by atoms with van der Waals surface area (Å²) in [6, 6.07) is 10.8. The maximum Gasteiger partial charge on any atom is 0.426 e. The van der Waals surface area contributed by atoms with Crippen molar-refractivity contribution in [3.63, 3.8) is 0 Å². The molecule has 0 bridgehead atoms. The number of urea groups is 1. The van der Waals surface area contributed by atoms with Crippen LogP contribution in [0.4, 0.5) is 26.7 Å². The molecule has 2 aromatic rings. The smallest absolute Gasteiger partial charge is 0.381 e. The van der Waals surface area contributed by atoms with E-state index in [0.29, 0.717) is 57.9 Å². The van der Waals surface area contributed by atoms with Crippen molar-refractivity contribution in [3.05, 3.63) is 70.5 Å². The largest absolute Gasteiger partial charge is 0.426 e. The molecule has 2 aromatic carbocycles. The Morgan fingerprint density at radius 2 is 1.68 bits per heavy atom. The van der Waals surface area contributed by atoms with Gasteiger partial charge in [-0.15, -0.1) is 0 Å². The predicted octanol–water partition coefficient (Wildman–Crippen LogP) is 6.84. The summed E-state index contributed by atoms with van der Waals surface area (Å²) in [6.45, 7) is 2.37. The number of carbonyl (C=O) groups excluding carboxylic acids is 1. The minimum Gasteiger partial charge on any atom is -0.381 e. The number of rotatable bonds is 5. The van der Waals surface area contributed by atoms with Gasteiger partial charge in [-0.2, -0.15) is 13.2 Å². The van der Waals surface area contributed by atoms with Gasteiger partial charge in [0.15, 0.2) is 0 Å². The highest BCUT2D eigenvalue weighted by Crippen LogP contribution is 2.51. The lowest BCUT2D eigenvalue weighted by Gasteiger charge is -2.46. The van der Waals surface area contributed by atoms with Gasteiger partial charge in [0.25, 0.3) is 0 Å². The molecule has 2 aliphatic carbocycles. The molecule has 2 aliphatic heterocycles. The van der Waals surface area contributed by atoms with Crippen molar-refractivity contribution in [2.24, 2.45) is 0 Å². The number of benzene rings is 2. The second-order valence-corrected chi connectivity index (χ2v) is 12.1. The standard InChI is InChI=1S/C31H35F5N2O2/c1-29(33,31(34,35)36)22-5-10-26-21(18-22)4-11-27-30(26,19-20-2-6-23(32)7-3-20)14-15-37(27)28(39)38(24-8-9-24)25-12-16-40-17-13-25/h2-3,5-7,10,18,24-25,27H,4,8-9,11-17,19H2,1H3/t27-,29?,30-/m1/s1. The summed E-state index contributed by atoms with van der Waals surface area (Å²) in [5, 5.41) is 0. The fourth-order valence-electron chi connectivity index (χ4n) is 7.29. The summed E-state index contributed by atoms with van der Waals surface area (Å²) in [5.74, 6) is -0.347. The number of amides is 2. The topological polar surface area (TPSA) is 32.8 Å². The lowest BCUT2D eigenvalue weighted by molar-refractivity contribution is -0.228. The number of nitrogens with zero attached hydrogens (tertiary/aromatic N) is 2. The molecule has 6 rings (SSSR count). The zero-order chi connectivity index (χ0) is 28.3. The van der Waals surface area contributed by atoms with Crippen LogP contribution < -0.4 is 0 Å².